The van der Waals surface area contributed by atoms with E-state index in [1.54, 1.807) is 0 Å². The summed E-state index contributed by atoms with van der Waals surface area (Å²) in [6.07, 6.45) is 1.86. The van der Waals surface area contributed by atoms with Crippen molar-refractivity contribution in [3.63, 3.8) is 0 Å². The summed E-state index contributed by atoms with van der Waals surface area (Å²) in [5.41, 5.74) is 0. The zero-order valence-corrected chi connectivity index (χ0v) is 9.32. The topological polar surface area (TPSA) is 32.3 Å². The quantitative estimate of drug-likeness (QED) is 0.664. The van der Waals surface area contributed by atoms with Gasteiger partial charge in [-0.05, 0) is 38.3 Å². The monoisotopic (exact) mass is 191 g/mol. The van der Waals surface area contributed by atoms with Crippen molar-refractivity contribution >= 4 is 11.8 Å². The van der Waals surface area contributed by atoms with Crippen LogP contribution in [0.15, 0.2) is 0 Å². The van der Waals surface area contributed by atoms with E-state index in [1.165, 1.54) is 5.75 Å². The van der Waals surface area contributed by atoms with E-state index in [-0.39, 0.29) is 12.1 Å². The average molecular weight is 191 g/mol. The Morgan fingerprint density at radius 3 is 2.33 bits per heavy atom. The summed E-state index contributed by atoms with van der Waals surface area (Å²) >= 11 is 1.87. The molecule has 0 aromatic rings. The molecule has 0 saturated carbocycles. The zero-order valence-electron chi connectivity index (χ0n) is 8.50. The van der Waals surface area contributed by atoms with E-state index in [1.807, 2.05) is 25.6 Å². The second-order valence-corrected chi connectivity index (χ2v) is 4.41. The van der Waals surface area contributed by atoms with E-state index in [0.29, 0.717) is 5.92 Å². The number of rotatable bonds is 6. The summed E-state index contributed by atoms with van der Waals surface area (Å²) in [7, 11) is 0. The summed E-state index contributed by atoms with van der Waals surface area (Å²) in [4.78, 5) is 0. The van der Waals surface area contributed by atoms with Gasteiger partial charge in [0.05, 0.1) is 6.10 Å². The average Bonchev–Trinajstić information content (AvgIpc) is 2.00. The van der Waals surface area contributed by atoms with Crippen LogP contribution in [0.5, 0.6) is 0 Å². The molecule has 0 aliphatic rings. The maximum Gasteiger partial charge on any atom is 0.0662 e. The molecule has 3 heteroatoms. The lowest BCUT2D eigenvalue weighted by Crippen LogP contribution is -2.38. The maximum atomic E-state index is 9.20. The molecule has 3 atom stereocenters. The fraction of sp³-hybridized carbons (Fsp3) is 1.00. The molecule has 0 radical (unpaired) electrons. The Kier molecular flexibility index (Phi) is 6.90. The molecule has 3 unspecified atom stereocenters. The van der Waals surface area contributed by atoms with Gasteiger partial charge in [0.1, 0.15) is 0 Å². The fourth-order valence-corrected chi connectivity index (χ4v) is 1.59. The lowest BCUT2D eigenvalue weighted by molar-refractivity contribution is 0.151. The van der Waals surface area contributed by atoms with Gasteiger partial charge in [0.2, 0.25) is 0 Å². The molecular weight excluding hydrogens is 170 g/mol. The van der Waals surface area contributed by atoms with Crippen LogP contribution in [0.2, 0.25) is 0 Å². The molecule has 2 nitrogen and oxygen atoms in total. The molecule has 0 spiro atoms. The summed E-state index contributed by atoms with van der Waals surface area (Å²) in [6, 6.07) is 0.203. The Hall–Kier alpha value is 0.270. The Morgan fingerprint density at radius 2 is 1.92 bits per heavy atom. The molecule has 0 aromatic heterocycles. The molecule has 0 aromatic carbocycles. The van der Waals surface area contributed by atoms with E-state index < -0.39 is 0 Å². The van der Waals surface area contributed by atoms with Gasteiger partial charge in [0.15, 0.2) is 0 Å². The Bertz CT molecular complexity index is 109. The van der Waals surface area contributed by atoms with E-state index in [9.17, 15) is 5.11 Å². The summed E-state index contributed by atoms with van der Waals surface area (Å²) in [5, 5.41) is 12.5. The van der Waals surface area contributed by atoms with Crippen molar-refractivity contribution in [2.75, 3.05) is 18.6 Å². The van der Waals surface area contributed by atoms with Gasteiger partial charge >= 0.3 is 0 Å². The molecule has 0 heterocycles. The maximum absolute atomic E-state index is 9.20. The lowest BCUT2D eigenvalue weighted by Gasteiger charge is -2.19. The molecule has 74 valence electrons. The van der Waals surface area contributed by atoms with Crippen molar-refractivity contribution in [1.29, 1.82) is 0 Å². The predicted octanol–water partition coefficient (Wildman–Crippen LogP) is 1.34. The first-order valence-electron chi connectivity index (χ1n) is 4.48. The third-order valence-corrected chi connectivity index (χ3v) is 2.87. The van der Waals surface area contributed by atoms with Gasteiger partial charge in [0, 0.05) is 6.04 Å². The molecule has 0 rings (SSSR count). The number of thioether (sulfide) groups is 1. The SMILES string of the molecule is CSCC(C)CNC(C)C(C)O. The van der Waals surface area contributed by atoms with Crippen molar-refractivity contribution in [2.45, 2.75) is 32.9 Å². The highest BCUT2D eigenvalue weighted by Gasteiger charge is 2.08. The van der Waals surface area contributed by atoms with E-state index >= 15 is 0 Å². The van der Waals surface area contributed by atoms with E-state index in [4.69, 9.17) is 0 Å². The molecular formula is C9H21NOS. The smallest absolute Gasteiger partial charge is 0.0662 e. The molecule has 0 amide bonds. The van der Waals surface area contributed by atoms with E-state index in [2.05, 4.69) is 18.5 Å². The first-order valence-corrected chi connectivity index (χ1v) is 5.87. The van der Waals surface area contributed by atoms with Crippen LogP contribution in [0, 0.1) is 5.92 Å². The van der Waals surface area contributed by atoms with E-state index in [0.717, 1.165) is 6.54 Å². The highest BCUT2D eigenvalue weighted by atomic mass is 32.2. The van der Waals surface area contributed by atoms with Gasteiger partial charge in [-0.3, -0.25) is 0 Å². The number of nitrogens with one attached hydrogen (secondary N) is 1. The summed E-state index contributed by atoms with van der Waals surface area (Å²) in [6.45, 7) is 7.04. The van der Waals surface area contributed by atoms with Gasteiger partial charge in [-0.25, -0.2) is 0 Å². The highest BCUT2D eigenvalue weighted by molar-refractivity contribution is 7.98. The van der Waals surface area contributed by atoms with Crippen LogP contribution >= 0.6 is 11.8 Å². The van der Waals surface area contributed by atoms with Crippen molar-refractivity contribution in [3.05, 3.63) is 0 Å². The first kappa shape index (κ1) is 12.3. The van der Waals surface area contributed by atoms with Crippen LogP contribution in [-0.2, 0) is 0 Å². The number of hydrogen-bond acceptors (Lipinski definition) is 3. The number of aliphatic hydroxyl groups is 1. The minimum Gasteiger partial charge on any atom is -0.392 e. The van der Waals surface area contributed by atoms with Crippen LogP contribution in [0.1, 0.15) is 20.8 Å². The Morgan fingerprint density at radius 1 is 1.33 bits per heavy atom. The van der Waals surface area contributed by atoms with Gasteiger partial charge in [-0.1, -0.05) is 6.92 Å². The van der Waals surface area contributed by atoms with Crippen molar-refractivity contribution in [2.24, 2.45) is 5.92 Å². The van der Waals surface area contributed by atoms with Gasteiger partial charge in [-0.2, -0.15) is 11.8 Å². The van der Waals surface area contributed by atoms with Crippen molar-refractivity contribution in [1.82, 2.24) is 5.32 Å². The van der Waals surface area contributed by atoms with Crippen molar-refractivity contribution < 1.29 is 5.11 Å². The molecule has 0 saturated heterocycles. The summed E-state index contributed by atoms with van der Waals surface area (Å²) < 4.78 is 0. The first-order chi connectivity index (χ1) is 5.57. The van der Waals surface area contributed by atoms with Crippen LogP contribution in [0.3, 0.4) is 0 Å². The molecule has 0 aliphatic heterocycles. The minimum atomic E-state index is -0.258. The van der Waals surface area contributed by atoms with Crippen molar-refractivity contribution in [3.8, 4) is 0 Å². The minimum absolute atomic E-state index is 0.203. The lowest BCUT2D eigenvalue weighted by atomic mass is 10.1. The van der Waals surface area contributed by atoms with Gasteiger partial charge in [-0.15, -0.1) is 0 Å². The summed E-state index contributed by atoms with van der Waals surface area (Å²) in [5.74, 6) is 1.86. The second kappa shape index (κ2) is 6.75. The molecule has 2 N–H and O–H groups in total. The molecule has 0 fully saturated rings. The zero-order chi connectivity index (χ0) is 9.56. The number of aliphatic hydroxyl groups excluding tert-OH is 1. The van der Waals surface area contributed by atoms with Crippen LogP contribution in [0.25, 0.3) is 0 Å². The van der Waals surface area contributed by atoms with Crippen LogP contribution in [0.4, 0.5) is 0 Å². The van der Waals surface area contributed by atoms with Gasteiger partial charge in [0.25, 0.3) is 0 Å². The predicted molar refractivity (Wildman–Crippen MR) is 56.7 cm³/mol. The molecule has 12 heavy (non-hydrogen) atoms. The van der Waals surface area contributed by atoms with Gasteiger partial charge < -0.3 is 10.4 Å². The van der Waals surface area contributed by atoms with Crippen LogP contribution in [-0.4, -0.2) is 35.8 Å². The standard InChI is InChI=1S/C9H21NOS/c1-7(6-12-4)5-10-8(2)9(3)11/h7-11H,5-6H2,1-4H3. The number of hydrogen-bond donors (Lipinski definition) is 2. The molecule has 0 aliphatic carbocycles. The normalized spacial score (nSPS) is 18.8. The third-order valence-electron chi connectivity index (χ3n) is 1.96. The Balaban J connectivity index is 3.40. The van der Waals surface area contributed by atoms with Crippen LogP contribution < -0.4 is 5.32 Å². The largest absolute Gasteiger partial charge is 0.392 e. The second-order valence-electron chi connectivity index (χ2n) is 3.50. The molecule has 0 bridgehead atoms. The Labute approximate surface area is 80.1 Å². The third kappa shape index (κ3) is 5.86. The fourth-order valence-electron chi connectivity index (χ4n) is 0.901. The highest BCUT2D eigenvalue weighted by Crippen LogP contribution is 2.03.